The highest BCUT2D eigenvalue weighted by Gasteiger charge is 2.49. The number of rotatable bonds is 2. The van der Waals surface area contributed by atoms with Gasteiger partial charge >= 0.3 is 18.0 Å². The Balaban J connectivity index is 2.02. The van der Waals surface area contributed by atoms with E-state index in [2.05, 4.69) is 0 Å². The van der Waals surface area contributed by atoms with Crippen molar-refractivity contribution in [2.75, 3.05) is 6.54 Å². The van der Waals surface area contributed by atoms with E-state index >= 15 is 0 Å². The van der Waals surface area contributed by atoms with Crippen molar-refractivity contribution in [3.05, 3.63) is 0 Å². The van der Waals surface area contributed by atoms with Crippen molar-refractivity contribution >= 4 is 23.8 Å². The summed E-state index contributed by atoms with van der Waals surface area (Å²) in [5, 5.41) is 0. The van der Waals surface area contributed by atoms with Crippen LogP contribution in [0.1, 0.15) is 54.4 Å². The first kappa shape index (κ1) is 20.2. The van der Waals surface area contributed by atoms with Crippen LogP contribution in [0.3, 0.4) is 0 Å². The molecule has 2 atom stereocenters. The number of amides is 1. The summed E-state index contributed by atoms with van der Waals surface area (Å²) in [6.45, 7) is 10.4. The molecule has 0 radical (unpaired) electrons. The van der Waals surface area contributed by atoms with Crippen LogP contribution in [0.2, 0.25) is 0 Å². The minimum atomic E-state index is -1.55. The predicted octanol–water partition coefficient (Wildman–Crippen LogP) is 2.04. The summed E-state index contributed by atoms with van der Waals surface area (Å²) in [7, 11) is 0. The molecule has 2 aliphatic heterocycles. The van der Waals surface area contributed by atoms with Crippen molar-refractivity contribution < 1.29 is 33.4 Å². The Hall–Kier alpha value is -2.12. The second-order valence-corrected chi connectivity index (χ2v) is 8.32. The van der Waals surface area contributed by atoms with Crippen molar-refractivity contribution in [2.24, 2.45) is 11.8 Å². The molecule has 2 saturated heterocycles. The Morgan fingerprint density at radius 3 is 2.15 bits per heavy atom. The number of ether oxygens (including phenoxy) is 3. The van der Waals surface area contributed by atoms with Crippen LogP contribution in [0.5, 0.6) is 0 Å². The van der Waals surface area contributed by atoms with E-state index in [4.69, 9.17) is 14.2 Å². The summed E-state index contributed by atoms with van der Waals surface area (Å²) in [5.74, 6) is -5.69. The Bertz CT molecular complexity index is 600. The highest BCUT2D eigenvalue weighted by atomic mass is 16.7. The maximum Gasteiger partial charge on any atom is 0.410 e. The third-order valence-electron chi connectivity index (χ3n) is 4.36. The predicted molar refractivity (Wildman–Crippen MR) is 89.9 cm³/mol. The lowest BCUT2D eigenvalue weighted by molar-refractivity contribution is -0.238. The smallest absolute Gasteiger partial charge is 0.410 e. The van der Waals surface area contributed by atoms with Gasteiger partial charge in [0.15, 0.2) is 5.78 Å². The van der Waals surface area contributed by atoms with Crippen molar-refractivity contribution in [1.82, 2.24) is 4.90 Å². The van der Waals surface area contributed by atoms with Gasteiger partial charge in [0, 0.05) is 32.4 Å². The van der Waals surface area contributed by atoms with Crippen molar-refractivity contribution in [3.63, 3.8) is 0 Å². The van der Waals surface area contributed by atoms with Crippen molar-refractivity contribution in [3.8, 4) is 0 Å². The summed E-state index contributed by atoms with van der Waals surface area (Å²) >= 11 is 0. The summed E-state index contributed by atoms with van der Waals surface area (Å²) in [6, 6.07) is -0.250. The molecule has 1 unspecified atom stereocenters. The van der Waals surface area contributed by atoms with Gasteiger partial charge in [0.1, 0.15) is 5.60 Å². The Labute approximate surface area is 153 Å². The van der Waals surface area contributed by atoms with Crippen molar-refractivity contribution in [2.45, 2.75) is 71.8 Å². The molecule has 0 spiro atoms. The summed E-state index contributed by atoms with van der Waals surface area (Å²) in [6.07, 6.45) is 0.260. The van der Waals surface area contributed by atoms with Crippen LogP contribution in [0.4, 0.5) is 4.79 Å². The average molecular weight is 369 g/mol. The van der Waals surface area contributed by atoms with Gasteiger partial charge in [0.05, 0.1) is 0 Å². The van der Waals surface area contributed by atoms with Gasteiger partial charge < -0.3 is 19.1 Å². The molecule has 0 bridgehead atoms. The third kappa shape index (κ3) is 4.53. The minimum absolute atomic E-state index is 0.250. The summed E-state index contributed by atoms with van der Waals surface area (Å²) in [4.78, 5) is 50.7. The van der Waals surface area contributed by atoms with Crippen molar-refractivity contribution in [1.29, 1.82) is 0 Å². The number of Topliss-reactive ketones (excluding diaryl/α,β-unsaturated/α-hetero) is 1. The lowest BCUT2D eigenvalue weighted by atomic mass is 9.82. The van der Waals surface area contributed by atoms with Gasteiger partial charge in [-0.05, 0) is 40.5 Å². The Morgan fingerprint density at radius 1 is 1.15 bits per heavy atom. The van der Waals surface area contributed by atoms with E-state index in [9.17, 15) is 19.2 Å². The fraction of sp³-hybridized carbons (Fsp3) is 0.778. The number of esters is 2. The zero-order valence-electron chi connectivity index (χ0n) is 16.2. The van der Waals surface area contributed by atoms with Gasteiger partial charge in [0.25, 0.3) is 5.79 Å². The summed E-state index contributed by atoms with van der Waals surface area (Å²) < 4.78 is 15.4. The van der Waals surface area contributed by atoms with E-state index in [1.807, 2.05) is 6.92 Å². The zero-order valence-corrected chi connectivity index (χ0v) is 16.2. The third-order valence-corrected chi connectivity index (χ3v) is 4.36. The number of carbonyl (C=O) groups excluding carboxylic acids is 4. The van der Waals surface area contributed by atoms with E-state index in [0.717, 1.165) is 0 Å². The van der Waals surface area contributed by atoms with Crippen LogP contribution in [-0.4, -0.2) is 52.7 Å². The molecule has 146 valence electrons. The Kier molecular flexibility index (Phi) is 5.35. The minimum Gasteiger partial charge on any atom is -0.444 e. The number of ketones is 1. The van der Waals surface area contributed by atoms with E-state index in [0.29, 0.717) is 19.4 Å². The monoisotopic (exact) mass is 369 g/mol. The first-order valence-electron chi connectivity index (χ1n) is 8.80. The lowest BCUT2D eigenvalue weighted by Gasteiger charge is -2.39. The molecule has 0 aromatic rings. The molecule has 0 saturated carbocycles. The molecule has 0 aromatic heterocycles. The first-order valence-corrected chi connectivity index (χ1v) is 8.80. The number of nitrogens with zero attached hydrogens (tertiary/aromatic N) is 1. The number of hydrogen-bond donors (Lipinski definition) is 0. The molecule has 8 nitrogen and oxygen atoms in total. The molecule has 0 aliphatic carbocycles. The molecule has 1 amide bonds. The first-order chi connectivity index (χ1) is 11.8. The number of carbonyl (C=O) groups is 4. The topological polar surface area (TPSA) is 99.2 Å². The lowest BCUT2D eigenvalue weighted by Crippen LogP contribution is -2.53. The van der Waals surface area contributed by atoms with E-state index in [1.165, 1.54) is 13.8 Å². The second-order valence-electron chi connectivity index (χ2n) is 8.32. The van der Waals surface area contributed by atoms with Gasteiger partial charge in [-0.3, -0.25) is 14.4 Å². The molecule has 2 fully saturated rings. The molecule has 2 heterocycles. The normalized spacial score (nSPS) is 26.8. The van der Waals surface area contributed by atoms with Crippen LogP contribution in [0.25, 0.3) is 0 Å². The van der Waals surface area contributed by atoms with Gasteiger partial charge in [-0.25, -0.2) is 4.79 Å². The molecule has 0 aromatic carbocycles. The molecule has 8 heteroatoms. The standard InChI is InChI=1S/C18H27NO7/c1-10-9-11(7-8-19(10)16(23)26-17(2,3)4)13(20)12-14(21)24-18(5,6)25-15(12)22/h10-12H,7-9H2,1-6H3/t10-,11?/m1/s1. The number of likely N-dealkylation sites (tertiary alicyclic amines) is 1. The molecular weight excluding hydrogens is 342 g/mol. The quantitative estimate of drug-likeness (QED) is 0.542. The average Bonchev–Trinajstić information content (AvgIpc) is 2.42. The van der Waals surface area contributed by atoms with Crippen LogP contribution in [0.15, 0.2) is 0 Å². The van der Waals surface area contributed by atoms with E-state index < -0.39 is 47.0 Å². The molecule has 0 N–H and O–H groups in total. The fourth-order valence-electron chi connectivity index (χ4n) is 3.21. The largest absolute Gasteiger partial charge is 0.444 e. The van der Waals surface area contributed by atoms with Gasteiger partial charge in [-0.2, -0.15) is 0 Å². The molecular formula is C18H27NO7. The van der Waals surface area contributed by atoms with E-state index in [1.54, 1.807) is 25.7 Å². The SMILES string of the molecule is C[C@@H]1CC(C(=O)C2C(=O)OC(C)(C)OC2=O)CCN1C(=O)OC(C)(C)C. The highest BCUT2D eigenvalue weighted by molar-refractivity contribution is 6.16. The molecule has 2 rings (SSSR count). The van der Waals surface area contributed by atoms with Gasteiger partial charge in [-0.1, -0.05) is 0 Å². The number of cyclic esters (lactones) is 2. The maximum atomic E-state index is 12.7. The van der Waals surface area contributed by atoms with Gasteiger partial charge in [-0.15, -0.1) is 0 Å². The second kappa shape index (κ2) is 6.89. The molecule has 2 aliphatic rings. The Morgan fingerprint density at radius 2 is 1.69 bits per heavy atom. The number of hydrogen-bond acceptors (Lipinski definition) is 7. The van der Waals surface area contributed by atoms with Crippen LogP contribution in [0, 0.1) is 11.8 Å². The van der Waals surface area contributed by atoms with E-state index in [-0.39, 0.29) is 6.04 Å². The highest BCUT2D eigenvalue weighted by Crippen LogP contribution is 2.31. The number of piperidine rings is 1. The van der Waals surface area contributed by atoms with Crippen LogP contribution >= 0.6 is 0 Å². The van der Waals surface area contributed by atoms with Gasteiger partial charge in [0.2, 0.25) is 5.92 Å². The maximum absolute atomic E-state index is 12.7. The van der Waals surface area contributed by atoms with Crippen LogP contribution < -0.4 is 0 Å². The van der Waals surface area contributed by atoms with Crippen LogP contribution in [-0.2, 0) is 28.6 Å². The zero-order chi connectivity index (χ0) is 19.9. The molecule has 26 heavy (non-hydrogen) atoms. The summed E-state index contributed by atoms with van der Waals surface area (Å²) in [5.41, 5.74) is -0.605. The fourth-order valence-corrected chi connectivity index (χ4v) is 3.21.